The number of hydrogen-bond acceptors (Lipinski definition) is 8. The van der Waals surface area contributed by atoms with Gasteiger partial charge in [-0.05, 0) is 31.0 Å². The number of nitrogens with zero attached hydrogens (tertiary/aromatic N) is 4. The number of carbonyl (C=O) groups is 1. The van der Waals surface area contributed by atoms with E-state index in [2.05, 4.69) is 26.5 Å². The Morgan fingerprint density at radius 1 is 1.12 bits per heavy atom. The Morgan fingerprint density at radius 3 is 2.62 bits per heavy atom. The van der Waals surface area contributed by atoms with Crippen molar-refractivity contribution in [3.05, 3.63) is 47.8 Å². The van der Waals surface area contributed by atoms with Gasteiger partial charge in [-0.3, -0.25) is 9.36 Å². The lowest BCUT2D eigenvalue weighted by molar-refractivity contribution is -0.142. The van der Waals surface area contributed by atoms with Gasteiger partial charge in [0.1, 0.15) is 0 Å². The van der Waals surface area contributed by atoms with E-state index >= 15 is 0 Å². The Labute approximate surface area is 190 Å². The molecule has 2 aromatic heterocycles. The third-order valence-corrected chi connectivity index (χ3v) is 6.65. The molecule has 10 heteroatoms. The van der Waals surface area contributed by atoms with Gasteiger partial charge in [0.15, 0.2) is 11.5 Å². The second-order valence-electron chi connectivity index (χ2n) is 7.59. The van der Waals surface area contributed by atoms with Crippen molar-refractivity contribution >= 4 is 22.4 Å². The normalized spacial score (nSPS) is 14.5. The highest BCUT2D eigenvalue weighted by Crippen LogP contribution is 2.31. The van der Waals surface area contributed by atoms with Crippen LogP contribution >= 0.6 is 11.3 Å². The van der Waals surface area contributed by atoms with Crippen molar-refractivity contribution in [3.63, 3.8) is 0 Å². The number of hydrogen-bond donors (Lipinski definition) is 2. The predicted molar refractivity (Wildman–Crippen MR) is 122 cm³/mol. The third-order valence-electron chi connectivity index (χ3n) is 5.66. The van der Waals surface area contributed by atoms with Crippen LogP contribution in [0.3, 0.4) is 0 Å². The minimum atomic E-state index is -0.710. The summed E-state index contributed by atoms with van der Waals surface area (Å²) in [6.07, 6.45) is 3.25. The molecule has 0 radical (unpaired) electrons. The quantitative estimate of drug-likeness (QED) is 0.506. The van der Waals surface area contributed by atoms with Gasteiger partial charge in [-0.15, -0.1) is 10.2 Å². The van der Waals surface area contributed by atoms with E-state index in [0.29, 0.717) is 44.8 Å². The summed E-state index contributed by atoms with van der Waals surface area (Å²) in [5.74, 6) is 0.477. The molecule has 0 saturated carbocycles. The lowest BCUT2D eigenvalue weighted by Gasteiger charge is -2.29. The summed E-state index contributed by atoms with van der Waals surface area (Å²) >= 11 is 1.52. The standard InChI is InChI=1S/C22H27N5O4S/c1-30-18-7-3-5-16(19(18)31-2)13-23-14-17-6-4-10-27(17)22-25-24-21(32-22)26-11-8-15(9-12-26)20(28)29/h3-7,10,15,23H,8-9,11-14H2,1-2H3,(H,28,29). The van der Waals surface area contributed by atoms with Crippen LogP contribution in [0.2, 0.25) is 0 Å². The lowest BCUT2D eigenvalue weighted by Crippen LogP contribution is -2.36. The number of anilines is 1. The van der Waals surface area contributed by atoms with E-state index in [4.69, 9.17) is 9.47 Å². The largest absolute Gasteiger partial charge is 0.493 e. The number of carboxylic acids is 1. The van der Waals surface area contributed by atoms with Crippen molar-refractivity contribution in [1.82, 2.24) is 20.1 Å². The van der Waals surface area contributed by atoms with Crippen LogP contribution in [0, 0.1) is 5.92 Å². The number of ether oxygens (including phenoxy) is 2. The minimum Gasteiger partial charge on any atom is -0.493 e. The van der Waals surface area contributed by atoms with Crippen molar-refractivity contribution in [3.8, 4) is 16.6 Å². The second kappa shape index (κ2) is 10.0. The predicted octanol–water partition coefficient (Wildman–Crippen LogP) is 2.94. The van der Waals surface area contributed by atoms with Gasteiger partial charge in [-0.25, -0.2) is 0 Å². The Hall–Kier alpha value is -3.11. The van der Waals surface area contributed by atoms with Gasteiger partial charge < -0.3 is 24.8 Å². The first kappa shape index (κ1) is 22.1. The summed E-state index contributed by atoms with van der Waals surface area (Å²) in [7, 11) is 3.27. The molecule has 4 rings (SSSR count). The molecule has 0 amide bonds. The van der Waals surface area contributed by atoms with Gasteiger partial charge in [-0.2, -0.15) is 0 Å². The van der Waals surface area contributed by atoms with E-state index in [1.807, 2.05) is 35.0 Å². The first-order chi connectivity index (χ1) is 15.6. The average Bonchev–Trinajstić information content (AvgIpc) is 3.48. The van der Waals surface area contributed by atoms with Crippen molar-refractivity contribution in [1.29, 1.82) is 0 Å². The van der Waals surface area contributed by atoms with Crippen LogP contribution < -0.4 is 19.7 Å². The Balaban J connectivity index is 1.39. The number of benzene rings is 1. The van der Waals surface area contributed by atoms with Gasteiger partial charge in [0.25, 0.3) is 0 Å². The molecule has 32 heavy (non-hydrogen) atoms. The SMILES string of the molecule is COc1cccc(CNCc2cccn2-c2nnc(N3CCC(C(=O)O)CC3)s2)c1OC. The molecule has 1 aromatic carbocycles. The van der Waals surface area contributed by atoms with Gasteiger partial charge in [-0.1, -0.05) is 23.5 Å². The van der Waals surface area contributed by atoms with Crippen LogP contribution in [0.25, 0.3) is 5.13 Å². The Kier molecular flexibility index (Phi) is 6.91. The minimum absolute atomic E-state index is 0.260. The molecule has 0 aliphatic carbocycles. The van der Waals surface area contributed by atoms with Crippen molar-refractivity contribution < 1.29 is 19.4 Å². The number of nitrogens with one attached hydrogen (secondary N) is 1. The summed E-state index contributed by atoms with van der Waals surface area (Å²) in [6.45, 7) is 2.65. The fourth-order valence-electron chi connectivity index (χ4n) is 3.92. The average molecular weight is 458 g/mol. The van der Waals surface area contributed by atoms with Gasteiger partial charge in [0, 0.05) is 43.6 Å². The van der Waals surface area contributed by atoms with Gasteiger partial charge >= 0.3 is 5.97 Å². The summed E-state index contributed by atoms with van der Waals surface area (Å²) in [4.78, 5) is 13.3. The van der Waals surface area contributed by atoms with E-state index < -0.39 is 5.97 Å². The fraction of sp³-hybridized carbons (Fsp3) is 0.409. The Morgan fingerprint density at radius 2 is 1.91 bits per heavy atom. The summed E-state index contributed by atoms with van der Waals surface area (Å²) < 4.78 is 12.9. The van der Waals surface area contributed by atoms with Crippen LogP contribution in [0.5, 0.6) is 11.5 Å². The molecule has 9 nitrogen and oxygen atoms in total. The van der Waals surface area contributed by atoms with E-state index in [-0.39, 0.29) is 5.92 Å². The van der Waals surface area contributed by atoms with Crippen LogP contribution in [0.1, 0.15) is 24.1 Å². The molecule has 0 unspecified atom stereocenters. The topological polar surface area (TPSA) is 102 Å². The lowest BCUT2D eigenvalue weighted by atomic mass is 9.98. The zero-order valence-corrected chi connectivity index (χ0v) is 19.0. The molecule has 1 aliphatic heterocycles. The number of piperidine rings is 1. The van der Waals surface area contributed by atoms with Crippen molar-refractivity contribution in [2.45, 2.75) is 25.9 Å². The molecular formula is C22H27N5O4S. The zero-order valence-electron chi connectivity index (χ0n) is 18.2. The van der Waals surface area contributed by atoms with Crippen LogP contribution in [-0.2, 0) is 17.9 Å². The first-order valence-electron chi connectivity index (χ1n) is 10.5. The second-order valence-corrected chi connectivity index (χ2v) is 8.53. The molecule has 3 heterocycles. The van der Waals surface area contributed by atoms with Crippen molar-refractivity contribution in [2.75, 3.05) is 32.2 Å². The summed E-state index contributed by atoms with van der Waals surface area (Å²) in [5.41, 5.74) is 2.09. The highest BCUT2D eigenvalue weighted by Gasteiger charge is 2.26. The fourth-order valence-corrected chi connectivity index (χ4v) is 4.83. The van der Waals surface area contributed by atoms with Crippen molar-refractivity contribution in [2.24, 2.45) is 5.92 Å². The van der Waals surface area contributed by atoms with E-state index in [1.165, 1.54) is 11.3 Å². The maximum absolute atomic E-state index is 11.2. The number of aliphatic carboxylic acids is 1. The summed E-state index contributed by atoms with van der Waals surface area (Å²) in [6, 6.07) is 9.88. The molecule has 1 saturated heterocycles. The maximum Gasteiger partial charge on any atom is 0.306 e. The number of methoxy groups -OCH3 is 2. The molecular weight excluding hydrogens is 430 g/mol. The molecule has 1 fully saturated rings. The molecule has 0 bridgehead atoms. The van der Waals surface area contributed by atoms with Crippen LogP contribution in [-0.4, -0.2) is 53.1 Å². The molecule has 0 atom stereocenters. The molecule has 1 aliphatic rings. The molecule has 2 N–H and O–H groups in total. The highest BCUT2D eigenvalue weighted by atomic mass is 32.1. The number of rotatable bonds is 9. The number of aromatic nitrogens is 3. The maximum atomic E-state index is 11.2. The monoisotopic (exact) mass is 457 g/mol. The number of carboxylic acid groups (broad SMARTS) is 1. The van der Waals surface area contributed by atoms with Gasteiger partial charge in [0.05, 0.1) is 20.1 Å². The van der Waals surface area contributed by atoms with E-state index in [9.17, 15) is 9.90 Å². The molecule has 0 spiro atoms. The Bertz CT molecular complexity index is 1060. The van der Waals surface area contributed by atoms with Crippen LogP contribution in [0.4, 0.5) is 5.13 Å². The smallest absolute Gasteiger partial charge is 0.306 e. The first-order valence-corrected chi connectivity index (χ1v) is 11.3. The third kappa shape index (κ3) is 4.71. The van der Waals surface area contributed by atoms with Crippen LogP contribution in [0.15, 0.2) is 36.5 Å². The molecule has 3 aromatic rings. The highest BCUT2D eigenvalue weighted by molar-refractivity contribution is 7.17. The van der Waals surface area contributed by atoms with E-state index in [1.54, 1.807) is 14.2 Å². The number of para-hydroxylation sites is 1. The van der Waals surface area contributed by atoms with E-state index in [0.717, 1.165) is 27.3 Å². The summed E-state index contributed by atoms with van der Waals surface area (Å²) in [5, 5.41) is 23.0. The zero-order chi connectivity index (χ0) is 22.5. The molecule has 170 valence electrons. The van der Waals surface area contributed by atoms with Gasteiger partial charge in [0.2, 0.25) is 10.3 Å².